The van der Waals surface area contributed by atoms with E-state index >= 15 is 0 Å². The number of fused-ring (bicyclic) bond motifs is 1. The Kier molecular flexibility index (Phi) is 5.55. The minimum absolute atomic E-state index is 0.250. The minimum Gasteiger partial charge on any atom is -0.378 e. The van der Waals surface area contributed by atoms with Crippen LogP contribution in [0.2, 0.25) is 0 Å². The molecule has 6 heteroatoms. The highest BCUT2D eigenvalue weighted by molar-refractivity contribution is 7.89. The summed E-state index contributed by atoms with van der Waals surface area (Å²) in [5, 5.41) is 0. The highest BCUT2D eigenvalue weighted by Gasteiger charge is 2.45. The maximum Gasteiger partial charge on any atom is 0.243 e. The van der Waals surface area contributed by atoms with E-state index in [1.807, 2.05) is 55.4 Å². The Morgan fingerprint density at radius 2 is 1.73 bits per heavy atom. The summed E-state index contributed by atoms with van der Waals surface area (Å²) in [5.74, 6) is 0.250. The van der Waals surface area contributed by atoms with Crippen molar-refractivity contribution in [1.82, 2.24) is 4.31 Å². The maximum absolute atomic E-state index is 13.4. The first-order valence-corrected chi connectivity index (χ1v) is 11.8. The molecule has 2 aromatic carbocycles. The molecule has 1 saturated carbocycles. The Hall–Kier alpha value is -2.44. The van der Waals surface area contributed by atoms with Crippen LogP contribution in [0.5, 0.6) is 0 Å². The number of anilines is 1. The summed E-state index contributed by atoms with van der Waals surface area (Å²) >= 11 is 0. The number of hydrogen-bond donors (Lipinski definition) is 0. The molecule has 1 aliphatic carbocycles. The van der Waals surface area contributed by atoms with Gasteiger partial charge in [-0.25, -0.2) is 8.42 Å². The first kappa shape index (κ1) is 20.8. The summed E-state index contributed by atoms with van der Waals surface area (Å²) in [6, 6.07) is 17.2. The van der Waals surface area contributed by atoms with E-state index in [2.05, 4.69) is 12.1 Å². The van der Waals surface area contributed by atoms with E-state index in [1.54, 1.807) is 16.4 Å². The van der Waals surface area contributed by atoms with Gasteiger partial charge in [0.05, 0.1) is 4.90 Å². The number of hydrogen-bond acceptors (Lipinski definition) is 4. The topological polar surface area (TPSA) is 57.7 Å². The van der Waals surface area contributed by atoms with Gasteiger partial charge in [-0.2, -0.15) is 4.31 Å². The van der Waals surface area contributed by atoms with Crippen LogP contribution in [0.4, 0.5) is 5.69 Å². The summed E-state index contributed by atoms with van der Waals surface area (Å²) in [6.45, 7) is 0.732. The molecule has 1 fully saturated rings. The van der Waals surface area contributed by atoms with E-state index in [9.17, 15) is 13.2 Å². The second-order valence-corrected chi connectivity index (χ2v) is 10.5. The van der Waals surface area contributed by atoms with Crippen molar-refractivity contribution in [3.05, 3.63) is 71.8 Å². The van der Waals surface area contributed by atoms with Crippen LogP contribution in [0, 0.1) is 5.41 Å². The molecule has 4 rings (SSSR count). The van der Waals surface area contributed by atoms with Gasteiger partial charge in [0, 0.05) is 51.1 Å². The summed E-state index contributed by atoms with van der Waals surface area (Å²) in [6.07, 6.45) is 4.37. The number of rotatable bonds is 5. The number of benzene rings is 2. The number of nitrogens with zero attached hydrogens (tertiary/aromatic N) is 2. The molecule has 2 aliphatic rings. The summed E-state index contributed by atoms with van der Waals surface area (Å²) in [4.78, 5) is 14.4. The Labute approximate surface area is 179 Å². The van der Waals surface area contributed by atoms with Crippen LogP contribution in [0.3, 0.4) is 0 Å². The molecule has 1 aliphatic heterocycles. The predicted octanol–water partition coefficient (Wildman–Crippen LogP) is 3.67. The Morgan fingerprint density at radius 3 is 2.40 bits per heavy atom. The van der Waals surface area contributed by atoms with Crippen molar-refractivity contribution in [1.29, 1.82) is 0 Å². The Balaban J connectivity index is 1.66. The molecule has 0 spiro atoms. The fraction of sp³-hybridized carbons (Fsp3) is 0.375. The molecule has 0 amide bonds. The maximum atomic E-state index is 13.4. The molecule has 0 bridgehead atoms. The standard InChI is InChI=1S/C24H28N2O3S/c1-25(2)21-8-10-23(11-9-21)30(28,29)26-15-13-20-16-22(27)12-14-24(20,18-26)17-19-6-4-3-5-7-19/h3-11,13H,12,14-18H2,1-2H3. The molecule has 0 N–H and O–H groups in total. The Bertz CT molecular complexity index is 1060. The molecule has 0 radical (unpaired) electrons. The van der Waals surface area contributed by atoms with Gasteiger partial charge in [0.15, 0.2) is 0 Å². The third-order valence-corrected chi connectivity index (χ3v) is 8.17. The third-order valence-electron chi connectivity index (χ3n) is 6.35. The van der Waals surface area contributed by atoms with Crippen molar-refractivity contribution in [2.24, 2.45) is 5.41 Å². The van der Waals surface area contributed by atoms with Gasteiger partial charge < -0.3 is 4.90 Å². The molecule has 1 unspecified atom stereocenters. The van der Waals surface area contributed by atoms with Crippen LogP contribution >= 0.6 is 0 Å². The van der Waals surface area contributed by atoms with Crippen LogP contribution in [-0.2, 0) is 21.2 Å². The fourth-order valence-electron chi connectivity index (χ4n) is 4.60. The van der Waals surface area contributed by atoms with Crippen molar-refractivity contribution in [2.75, 3.05) is 32.1 Å². The molecule has 158 valence electrons. The first-order chi connectivity index (χ1) is 14.3. The minimum atomic E-state index is -3.61. The molecule has 0 aromatic heterocycles. The highest BCUT2D eigenvalue weighted by atomic mass is 32.2. The lowest BCUT2D eigenvalue weighted by Crippen LogP contribution is -2.49. The monoisotopic (exact) mass is 424 g/mol. The number of ketones is 1. The van der Waals surface area contributed by atoms with Gasteiger partial charge in [0.25, 0.3) is 0 Å². The largest absolute Gasteiger partial charge is 0.378 e. The second kappa shape index (κ2) is 8.00. The van der Waals surface area contributed by atoms with Crippen LogP contribution in [0.1, 0.15) is 24.8 Å². The SMILES string of the molecule is CN(C)c1ccc(S(=O)(=O)N2CC=C3CC(=O)CCC3(Cc3ccccc3)C2)cc1. The van der Waals surface area contributed by atoms with Crippen LogP contribution < -0.4 is 4.90 Å². The smallest absolute Gasteiger partial charge is 0.243 e. The lowest BCUT2D eigenvalue weighted by atomic mass is 9.65. The average molecular weight is 425 g/mol. The van der Waals surface area contributed by atoms with Crippen molar-refractivity contribution in [2.45, 2.75) is 30.6 Å². The zero-order valence-corrected chi connectivity index (χ0v) is 18.4. The van der Waals surface area contributed by atoms with Crippen molar-refractivity contribution < 1.29 is 13.2 Å². The predicted molar refractivity (Wildman–Crippen MR) is 119 cm³/mol. The summed E-state index contributed by atoms with van der Waals surface area (Å²) in [7, 11) is 0.244. The summed E-state index contributed by atoms with van der Waals surface area (Å²) in [5.41, 5.74) is 2.93. The zero-order chi connectivity index (χ0) is 21.4. The van der Waals surface area contributed by atoms with Gasteiger partial charge in [-0.1, -0.05) is 42.0 Å². The number of carbonyl (C=O) groups excluding carboxylic acids is 1. The normalized spacial score (nSPS) is 22.3. The van der Waals surface area contributed by atoms with E-state index < -0.39 is 10.0 Å². The van der Waals surface area contributed by atoms with E-state index in [-0.39, 0.29) is 11.2 Å². The van der Waals surface area contributed by atoms with Gasteiger partial charge >= 0.3 is 0 Å². The third kappa shape index (κ3) is 3.94. The molecular weight excluding hydrogens is 396 g/mol. The second-order valence-electron chi connectivity index (χ2n) is 8.57. The number of Topliss-reactive ketones (excluding diaryl/α,β-unsaturated/α-hetero) is 1. The van der Waals surface area contributed by atoms with E-state index in [1.165, 1.54) is 5.56 Å². The lowest BCUT2D eigenvalue weighted by Gasteiger charge is -2.45. The lowest BCUT2D eigenvalue weighted by molar-refractivity contribution is -0.120. The average Bonchev–Trinajstić information content (AvgIpc) is 2.74. The van der Waals surface area contributed by atoms with Crippen LogP contribution in [-0.4, -0.2) is 45.7 Å². The molecule has 30 heavy (non-hydrogen) atoms. The van der Waals surface area contributed by atoms with Crippen LogP contribution in [0.15, 0.2) is 71.1 Å². The zero-order valence-electron chi connectivity index (χ0n) is 17.5. The number of carbonyl (C=O) groups is 1. The van der Waals surface area contributed by atoms with Crippen molar-refractivity contribution in [3.8, 4) is 0 Å². The quantitative estimate of drug-likeness (QED) is 0.688. The molecular formula is C24H28N2O3S. The van der Waals surface area contributed by atoms with Gasteiger partial charge in [0.2, 0.25) is 10.0 Å². The van der Waals surface area contributed by atoms with Crippen molar-refractivity contribution >= 4 is 21.5 Å². The fourth-order valence-corrected chi connectivity index (χ4v) is 6.07. The molecule has 1 heterocycles. The van der Waals surface area contributed by atoms with Crippen LogP contribution in [0.25, 0.3) is 0 Å². The first-order valence-electron chi connectivity index (χ1n) is 10.3. The van der Waals surface area contributed by atoms with Gasteiger partial charge in [-0.15, -0.1) is 0 Å². The Morgan fingerprint density at radius 1 is 1.03 bits per heavy atom. The van der Waals surface area contributed by atoms with E-state index in [0.717, 1.165) is 17.7 Å². The van der Waals surface area contributed by atoms with Gasteiger partial charge in [0.1, 0.15) is 5.78 Å². The highest BCUT2D eigenvalue weighted by Crippen LogP contribution is 2.46. The van der Waals surface area contributed by atoms with Gasteiger partial charge in [-0.05, 0) is 42.7 Å². The van der Waals surface area contributed by atoms with Gasteiger partial charge in [-0.3, -0.25) is 4.79 Å². The van der Waals surface area contributed by atoms with Crippen molar-refractivity contribution in [3.63, 3.8) is 0 Å². The molecule has 5 nitrogen and oxygen atoms in total. The molecule has 2 aromatic rings. The number of sulfonamides is 1. The summed E-state index contributed by atoms with van der Waals surface area (Å²) < 4.78 is 28.4. The molecule has 0 saturated heterocycles. The van der Waals surface area contributed by atoms with E-state index in [0.29, 0.717) is 37.2 Å². The van der Waals surface area contributed by atoms with E-state index in [4.69, 9.17) is 0 Å². The molecule has 1 atom stereocenters.